The fourth-order valence-corrected chi connectivity index (χ4v) is 4.02. The molecular formula is C22H25Br2NO5. The summed E-state index contributed by atoms with van der Waals surface area (Å²) in [5.74, 6) is 2.09. The van der Waals surface area contributed by atoms with Crippen LogP contribution in [0, 0.1) is 0 Å². The largest absolute Gasteiger partial charge is 0.496 e. The lowest BCUT2D eigenvalue weighted by atomic mass is 9.97. The molecule has 0 heterocycles. The predicted octanol–water partition coefficient (Wildman–Crippen LogP) is 6.44. The molecule has 6 nitrogen and oxygen atoms in total. The van der Waals surface area contributed by atoms with Gasteiger partial charge in [-0.15, -0.1) is 0 Å². The number of oxime groups is 1. The fourth-order valence-electron chi connectivity index (χ4n) is 2.64. The summed E-state index contributed by atoms with van der Waals surface area (Å²) in [6, 6.07) is 9.49. The first-order valence-corrected chi connectivity index (χ1v) is 11.1. The molecular weight excluding hydrogens is 518 g/mol. The first-order valence-electron chi connectivity index (χ1n) is 9.55. The minimum Gasteiger partial charge on any atom is -0.496 e. The van der Waals surface area contributed by atoms with Gasteiger partial charge in [0.05, 0.1) is 28.9 Å². The third kappa shape index (κ3) is 6.74. The molecule has 2 rings (SSSR count). The summed E-state index contributed by atoms with van der Waals surface area (Å²) in [6.45, 7) is 6.11. The van der Waals surface area contributed by atoms with Gasteiger partial charge in [0.15, 0.2) is 5.75 Å². The highest BCUT2D eigenvalue weighted by Crippen LogP contribution is 2.39. The third-order valence-electron chi connectivity index (χ3n) is 4.35. The number of ether oxygens (including phenoxy) is 3. The molecule has 0 fully saturated rings. The molecule has 0 bridgehead atoms. The molecule has 162 valence electrons. The summed E-state index contributed by atoms with van der Waals surface area (Å²) >= 11 is 7.08. The van der Waals surface area contributed by atoms with E-state index in [0.717, 1.165) is 32.2 Å². The van der Waals surface area contributed by atoms with E-state index in [1.807, 2.05) is 30.3 Å². The van der Waals surface area contributed by atoms with Gasteiger partial charge in [-0.3, -0.25) is 0 Å². The Morgan fingerprint density at radius 1 is 1.17 bits per heavy atom. The van der Waals surface area contributed by atoms with Gasteiger partial charge in [-0.25, -0.2) is 4.79 Å². The zero-order chi connectivity index (χ0) is 22.1. The van der Waals surface area contributed by atoms with E-state index >= 15 is 0 Å². The highest BCUT2D eigenvalue weighted by Gasteiger charge is 2.14. The molecule has 0 spiro atoms. The lowest BCUT2D eigenvalue weighted by Gasteiger charge is -2.17. The first kappa shape index (κ1) is 24.2. The van der Waals surface area contributed by atoms with Gasteiger partial charge in [-0.2, -0.15) is 0 Å². The van der Waals surface area contributed by atoms with E-state index < -0.39 is 5.97 Å². The lowest BCUT2D eigenvalue weighted by molar-refractivity contribution is -0.148. The van der Waals surface area contributed by atoms with E-state index in [2.05, 4.69) is 50.9 Å². The molecule has 0 radical (unpaired) electrons. The van der Waals surface area contributed by atoms with E-state index in [9.17, 15) is 4.79 Å². The van der Waals surface area contributed by atoms with Gasteiger partial charge in [0, 0.05) is 5.56 Å². The molecule has 0 aromatic heterocycles. The second kappa shape index (κ2) is 12.0. The maximum Gasteiger partial charge on any atom is 0.347 e. The average Bonchev–Trinajstić information content (AvgIpc) is 2.73. The number of rotatable bonds is 10. The Labute approximate surface area is 193 Å². The Kier molecular flexibility index (Phi) is 9.65. The van der Waals surface area contributed by atoms with Crippen LogP contribution in [0.15, 0.2) is 44.4 Å². The van der Waals surface area contributed by atoms with Crippen LogP contribution >= 0.6 is 31.9 Å². The number of methoxy groups -OCH3 is 1. The molecule has 0 amide bonds. The number of esters is 1. The molecule has 0 saturated carbocycles. The minimum absolute atomic E-state index is 0.232. The predicted molar refractivity (Wildman–Crippen MR) is 124 cm³/mol. The number of carbonyl (C=O) groups is 1. The van der Waals surface area contributed by atoms with Crippen LogP contribution in [-0.2, 0) is 14.4 Å². The van der Waals surface area contributed by atoms with Crippen LogP contribution in [0.1, 0.15) is 44.2 Å². The van der Waals surface area contributed by atoms with Crippen molar-refractivity contribution in [2.75, 3.05) is 20.3 Å². The van der Waals surface area contributed by atoms with E-state index in [1.165, 1.54) is 6.21 Å². The molecule has 1 atom stereocenters. The van der Waals surface area contributed by atoms with E-state index in [4.69, 9.17) is 19.0 Å². The Morgan fingerprint density at radius 2 is 1.87 bits per heavy atom. The topological polar surface area (TPSA) is 66.4 Å². The van der Waals surface area contributed by atoms with Crippen molar-refractivity contribution in [1.82, 2.24) is 0 Å². The zero-order valence-corrected chi connectivity index (χ0v) is 20.6. The number of nitrogens with zero attached hydrogens (tertiary/aromatic N) is 1. The maximum atomic E-state index is 11.2. The Balaban J connectivity index is 2.15. The van der Waals surface area contributed by atoms with E-state index in [-0.39, 0.29) is 6.61 Å². The van der Waals surface area contributed by atoms with Crippen molar-refractivity contribution in [3.63, 3.8) is 0 Å². The Morgan fingerprint density at radius 3 is 2.47 bits per heavy atom. The summed E-state index contributed by atoms with van der Waals surface area (Å²) in [6.07, 6.45) is 2.51. The maximum absolute atomic E-state index is 11.2. The van der Waals surface area contributed by atoms with Crippen LogP contribution in [-0.4, -0.2) is 32.5 Å². The van der Waals surface area contributed by atoms with Crippen LogP contribution in [0.3, 0.4) is 0 Å². The Hall–Kier alpha value is -2.06. The molecule has 0 saturated heterocycles. The molecule has 0 aliphatic rings. The molecule has 2 aromatic carbocycles. The van der Waals surface area contributed by atoms with Crippen molar-refractivity contribution >= 4 is 44.0 Å². The zero-order valence-electron chi connectivity index (χ0n) is 17.4. The average molecular weight is 543 g/mol. The summed E-state index contributed by atoms with van der Waals surface area (Å²) in [7, 11) is 1.67. The summed E-state index contributed by atoms with van der Waals surface area (Å²) < 4.78 is 17.9. The molecule has 0 aliphatic heterocycles. The van der Waals surface area contributed by atoms with Gasteiger partial charge < -0.3 is 19.0 Å². The fraction of sp³-hybridized carbons (Fsp3) is 0.364. The lowest BCUT2D eigenvalue weighted by Crippen LogP contribution is -2.10. The number of hydrogen-bond donors (Lipinski definition) is 0. The molecule has 8 heteroatoms. The highest BCUT2D eigenvalue weighted by atomic mass is 79.9. The van der Waals surface area contributed by atoms with Crippen molar-refractivity contribution in [1.29, 1.82) is 0 Å². The number of benzene rings is 2. The molecule has 0 N–H and O–H groups in total. The van der Waals surface area contributed by atoms with Crippen molar-refractivity contribution in [2.45, 2.75) is 33.1 Å². The SMILES string of the molecule is CCOC(=O)CON=Cc1cc(Br)c(Oc2ccc(OC)c(C(C)CC)c2)c(Br)c1. The highest BCUT2D eigenvalue weighted by molar-refractivity contribution is 9.11. The second-order valence-corrected chi connectivity index (χ2v) is 8.15. The third-order valence-corrected chi connectivity index (χ3v) is 5.53. The quantitative estimate of drug-likeness (QED) is 0.196. The number of halogens is 2. The molecule has 1 unspecified atom stereocenters. The van der Waals surface area contributed by atoms with Crippen molar-refractivity contribution in [3.8, 4) is 17.2 Å². The second-order valence-electron chi connectivity index (χ2n) is 6.44. The number of hydrogen-bond acceptors (Lipinski definition) is 6. The monoisotopic (exact) mass is 541 g/mol. The van der Waals surface area contributed by atoms with Crippen LogP contribution in [0.2, 0.25) is 0 Å². The van der Waals surface area contributed by atoms with Crippen LogP contribution in [0.25, 0.3) is 0 Å². The summed E-state index contributed by atoms with van der Waals surface area (Å²) in [5, 5.41) is 3.80. The smallest absolute Gasteiger partial charge is 0.347 e. The number of carbonyl (C=O) groups excluding carboxylic acids is 1. The molecule has 30 heavy (non-hydrogen) atoms. The summed E-state index contributed by atoms with van der Waals surface area (Å²) in [5.41, 5.74) is 1.87. The summed E-state index contributed by atoms with van der Waals surface area (Å²) in [4.78, 5) is 16.2. The van der Waals surface area contributed by atoms with Gasteiger partial charge >= 0.3 is 5.97 Å². The Bertz CT molecular complexity index is 878. The first-order chi connectivity index (χ1) is 14.4. The van der Waals surface area contributed by atoms with Gasteiger partial charge in [-0.05, 0) is 87.0 Å². The van der Waals surface area contributed by atoms with Crippen LogP contribution < -0.4 is 9.47 Å². The standard InChI is InChI=1S/C22H25Br2NO5/c1-5-14(3)17-11-16(7-8-20(17)27-4)30-22-18(23)9-15(10-19(22)24)12-25-29-13-21(26)28-6-2/h7-12,14H,5-6,13H2,1-4H3. The van der Waals surface area contributed by atoms with Crippen molar-refractivity contribution in [2.24, 2.45) is 5.16 Å². The van der Waals surface area contributed by atoms with Gasteiger partial charge in [0.1, 0.15) is 11.5 Å². The minimum atomic E-state index is -0.461. The van der Waals surface area contributed by atoms with Gasteiger partial charge in [0.2, 0.25) is 6.61 Å². The molecule has 0 aliphatic carbocycles. The van der Waals surface area contributed by atoms with Crippen LogP contribution in [0.5, 0.6) is 17.2 Å². The van der Waals surface area contributed by atoms with Crippen molar-refractivity contribution in [3.05, 3.63) is 50.4 Å². The van der Waals surface area contributed by atoms with Crippen LogP contribution in [0.4, 0.5) is 0 Å². The van der Waals surface area contributed by atoms with Gasteiger partial charge in [0.25, 0.3) is 0 Å². The normalized spacial score (nSPS) is 11.9. The van der Waals surface area contributed by atoms with E-state index in [1.54, 1.807) is 14.0 Å². The molecule has 2 aromatic rings. The van der Waals surface area contributed by atoms with Gasteiger partial charge in [-0.1, -0.05) is 19.0 Å². The van der Waals surface area contributed by atoms with Crippen molar-refractivity contribution < 1.29 is 23.8 Å². The van der Waals surface area contributed by atoms with E-state index in [0.29, 0.717) is 24.0 Å².